The second kappa shape index (κ2) is 11.3. The van der Waals surface area contributed by atoms with E-state index in [1.54, 1.807) is 19.2 Å². The lowest BCUT2D eigenvalue weighted by atomic mass is 9.94. The summed E-state index contributed by atoms with van der Waals surface area (Å²) in [5.41, 5.74) is 1.46. The highest BCUT2D eigenvalue weighted by atomic mass is 19.3. The number of benzene rings is 1. The molecule has 1 N–H and O–H groups in total. The van der Waals surface area contributed by atoms with Gasteiger partial charge in [-0.15, -0.1) is 0 Å². The zero-order valence-electron chi connectivity index (χ0n) is 19.5. The number of nitrogens with one attached hydrogen (secondary N) is 1. The number of hydrogen-bond donors (Lipinski definition) is 1. The Kier molecular flexibility index (Phi) is 8.44. The number of ketones is 1. The number of carbonyl (C=O) groups is 1. The van der Waals surface area contributed by atoms with E-state index in [1.165, 1.54) is 13.0 Å². The van der Waals surface area contributed by atoms with Gasteiger partial charge in [-0.1, -0.05) is 37.3 Å². The van der Waals surface area contributed by atoms with Gasteiger partial charge in [0.15, 0.2) is 5.78 Å². The van der Waals surface area contributed by atoms with Crippen LogP contribution in [0.25, 0.3) is 6.08 Å². The minimum absolute atomic E-state index is 0.128. The molecular weight excluding hydrogens is 422 g/mol. The highest BCUT2D eigenvalue weighted by Gasteiger charge is 2.36. The van der Waals surface area contributed by atoms with Crippen LogP contribution in [0, 0.1) is 5.92 Å². The van der Waals surface area contributed by atoms with E-state index in [0.29, 0.717) is 0 Å². The predicted octanol–water partition coefficient (Wildman–Crippen LogP) is 4.96. The number of aromatic nitrogens is 1. The van der Waals surface area contributed by atoms with Gasteiger partial charge in [0.05, 0.1) is 17.7 Å². The van der Waals surface area contributed by atoms with Gasteiger partial charge >= 0.3 is 0 Å². The van der Waals surface area contributed by atoms with Crippen LogP contribution in [0.1, 0.15) is 44.4 Å². The Hall–Kier alpha value is -2.93. The maximum Gasteiger partial charge on any atom is 0.253 e. The number of anilines is 1. The van der Waals surface area contributed by atoms with Gasteiger partial charge in [0, 0.05) is 32.8 Å². The summed E-state index contributed by atoms with van der Waals surface area (Å²) in [5, 5.41) is 3.36. The van der Waals surface area contributed by atoms with Gasteiger partial charge in [-0.3, -0.25) is 9.79 Å². The summed E-state index contributed by atoms with van der Waals surface area (Å²) in [5.74, 6) is -4.00. The van der Waals surface area contributed by atoms with Gasteiger partial charge in [0.25, 0.3) is 5.92 Å². The molecule has 7 heteroatoms. The number of alkyl halides is 2. The molecule has 1 aromatic heterocycles. The van der Waals surface area contributed by atoms with Gasteiger partial charge in [0.2, 0.25) is 0 Å². The van der Waals surface area contributed by atoms with E-state index in [4.69, 9.17) is 0 Å². The van der Waals surface area contributed by atoms with Crippen molar-refractivity contribution in [2.75, 3.05) is 31.1 Å². The maximum absolute atomic E-state index is 14.1. The minimum Gasteiger partial charge on any atom is -0.355 e. The number of hydrogen-bond acceptors (Lipinski definition) is 5. The van der Waals surface area contributed by atoms with Crippen LogP contribution >= 0.6 is 0 Å². The van der Waals surface area contributed by atoms with Crippen LogP contribution in [0.15, 0.2) is 59.7 Å². The second-order valence-corrected chi connectivity index (χ2v) is 8.52. The van der Waals surface area contributed by atoms with Crippen molar-refractivity contribution in [3.63, 3.8) is 0 Å². The van der Waals surface area contributed by atoms with Crippen LogP contribution in [0.2, 0.25) is 0 Å². The Balaban J connectivity index is 1.77. The van der Waals surface area contributed by atoms with Crippen LogP contribution in [0.5, 0.6) is 0 Å². The molecule has 0 amide bonds. The molecule has 1 aliphatic heterocycles. The molecule has 0 aliphatic carbocycles. The Bertz CT molecular complexity index is 960. The van der Waals surface area contributed by atoms with E-state index >= 15 is 0 Å². The number of carbonyl (C=O) groups excluding carboxylic acids is 1. The van der Waals surface area contributed by atoms with Crippen molar-refractivity contribution in [2.45, 2.75) is 39.2 Å². The SMILES string of the molecule is CC(N=C(C(=O)/C=C\c1ccc(N2CCCNCC2)nc1)C(C)C(C)(F)F)c1ccccc1. The number of aliphatic imine (C=N–C) groups is 1. The van der Waals surface area contributed by atoms with E-state index < -0.39 is 23.7 Å². The van der Waals surface area contributed by atoms with Crippen LogP contribution in [-0.4, -0.2) is 48.6 Å². The standard InChI is InChI=1S/C26H32F2N4O/c1-19(26(3,27)28)25(31-20(2)22-8-5-4-6-9-22)23(33)12-10-21-11-13-24(30-18-21)32-16-7-14-29-15-17-32/h4-6,8-13,18-20,29H,7,14-17H2,1-3H3/b12-10-,31-25?. The first-order valence-electron chi connectivity index (χ1n) is 11.4. The largest absolute Gasteiger partial charge is 0.355 e. The molecule has 0 bridgehead atoms. The number of halogens is 2. The molecule has 5 nitrogen and oxygen atoms in total. The summed E-state index contributed by atoms with van der Waals surface area (Å²) in [7, 11) is 0. The fourth-order valence-corrected chi connectivity index (χ4v) is 3.66. The van der Waals surface area contributed by atoms with E-state index in [1.807, 2.05) is 42.5 Å². The van der Waals surface area contributed by atoms with Crippen molar-refractivity contribution in [2.24, 2.45) is 10.9 Å². The molecule has 176 valence electrons. The lowest BCUT2D eigenvalue weighted by Crippen LogP contribution is -2.34. The Morgan fingerprint density at radius 1 is 1.15 bits per heavy atom. The third-order valence-electron chi connectivity index (χ3n) is 5.90. The van der Waals surface area contributed by atoms with E-state index in [2.05, 4.69) is 20.2 Å². The van der Waals surface area contributed by atoms with Crippen molar-refractivity contribution in [1.82, 2.24) is 10.3 Å². The summed E-state index contributed by atoms with van der Waals surface area (Å²) < 4.78 is 28.2. The molecule has 2 aromatic rings. The lowest BCUT2D eigenvalue weighted by Gasteiger charge is -2.21. The predicted molar refractivity (Wildman–Crippen MR) is 130 cm³/mol. The monoisotopic (exact) mass is 454 g/mol. The summed E-state index contributed by atoms with van der Waals surface area (Å²) in [6, 6.07) is 12.7. The van der Waals surface area contributed by atoms with Crippen molar-refractivity contribution < 1.29 is 13.6 Å². The zero-order chi connectivity index (χ0) is 23.8. The molecule has 2 heterocycles. The first kappa shape index (κ1) is 24.7. The number of allylic oxidation sites excluding steroid dienone is 1. The lowest BCUT2D eigenvalue weighted by molar-refractivity contribution is -0.109. The minimum atomic E-state index is -3.07. The molecular formula is C26H32F2N4O. The highest BCUT2D eigenvalue weighted by Crippen LogP contribution is 2.27. The molecule has 1 aromatic carbocycles. The molecule has 1 aliphatic rings. The van der Waals surface area contributed by atoms with Crippen LogP contribution < -0.4 is 10.2 Å². The molecule has 0 spiro atoms. The van der Waals surface area contributed by atoms with Gasteiger partial charge in [0.1, 0.15) is 5.82 Å². The van der Waals surface area contributed by atoms with Gasteiger partial charge in [-0.2, -0.15) is 0 Å². The van der Waals surface area contributed by atoms with E-state index in [9.17, 15) is 13.6 Å². The molecule has 1 saturated heterocycles. The summed E-state index contributed by atoms with van der Waals surface area (Å²) in [4.78, 5) is 24.1. The fourth-order valence-electron chi connectivity index (χ4n) is 3.66. The van der Waals surface area contributed by atoms with Gasteiger partial charge in [-0.05, 0) is 55.3 Å². The van der Waals surface area contributed by atoms with Crippen LogP contribution in [0.4, 0.5) is 14.6 Å². The van der Waals surface area contributed by atoms with Crippen LogP contribution in [-0.2, 0) is 4.79 Å². The molecule has 33 heavy (non-hydrogen) atoms. The number of rotatable bonds is 8. The molecule has 1 fully saturated rings. The zero-order valence-corrected chi connectivity index (χ0v) is 19.5. The van der Waals surface area contributed by atoms with E-state index in [-0.39, 0.29) is 5.71 Å². The summed E-state index contributed by atoms with van der Waals surface area (Å²) in [6.07, 6.45) is 5.66. The average Bonchev–Trinajstić information content (AvgIpc) is 3.10. The van der Waals surface area contributed by atoms with Crippen molar-refractivity contribution in [3.8, 4) is 0 Å². The maximum atomic E-state index is 14.1. The summed E-state index contributed by atoms with van der Waals surface area (Å²) in [6.45, 7) is 7.71. The molecule has 2 atom stereocenters. The quantitative estimate of drug-likeness (QED) is 0.453. The van der Waals surface area contributed by atoms with Crippen molar-refractivity contribution >= 4 is 23.4 Å². The Labute approximate surface area is 194 Å². The first-order valence-corrected chi connectivity index (χ1v) is 11.4. The topological polar surface area (TPSA) is 57.6 Å². The van der Waals surface area contributed by atoms with Crippen molar-refractivity contribution in [3.05, 3.63) is 65.9 Å². The Morgan fingerprint density at radius 2 is 1.91 bits per heavy atom. The molecule has 0 radical (unpaired) electrons. The van der Waals surface area contributed by atoms with E-state index in [0.717, 1.165) is 56.5 Å². The smallest absolute Gasteiger partial charge is 0.253 e. The molecule has 3 rings (SSSR count). The Morgan fingerprint density at radius 3 is 2.58 bits per heavy atom. The average molecular weight is 455 g/mol. The first-order chi connectivity index (χ1) is 15.8. The normalized spacial score (nSPS) is 17.6. The molecule has 2 unspecified atom stereocenters. The third kappa shape index (κ3) is 7.02. The highest BCUT2D eigenvalue weighted by molar-refractivity contribution is 6.45. The summed E-state index contributed by atoms with van der Waals surface area (Å²) >= 11 is 0. The third-order valence-corrected chi connectivity index (χ3v) is 5.90. The van der Waals surface area contributed by atoms with Crippen LogP contribution in [0.3, 0.4) is 0 Å². The fraction of sp³-hybridized carbons (Fsp3) is 0.423. The molecule has 0 saturated carbocycles. The number of pyridine rings is 1. The van der Waals surface area contributed by atoms with Gasteiger partial charge < -0.3 is 10.2 Å². The second-order valence-electron chi connectivity index (χ2n) is 8.52. The number of nitrogens with zero attached hydrogens (tertiary/aromatic N) is 3. The van der Waals surface area contributed by atoms with Crippen molar-refractivity contribution in [1.29, 1.82) is 0 Å². The van der Waals surface area contributed by atoms with Gasteiger partial charge in [-0.25, -0.2) is 13.8 Å².